The number of anilines is 2. The Morgan fingerprint density at radius 2 is 1.69 bits per heavy atom. The zero-order chi connectivity index (χ0) is 24.4. The third-order valence-electron chi connectivity index (χ3n) is 5.76. The number of hydrogen-bond acceptors (Lipinski definition) is 6. The monoisotopic (exact) mass is 493 g/mol. The zero-order valence-electron chi connectivity index (χ0n) is 18.6. The van der Waals surface area contributed by atoms with Crippen LogP contribution in [0.15, 0.2) is 71.6 Å². The first-order valence-corrected chi connectivity index (χ1v) is 12.6. The molecule has 2 aliphatic rings. The number of fused-ring (bicyclic) bond motifs is 2. The first-order chi connectivity index (χ1) is 16.9. The SMILES string of the molecule is O=C1CCc2cc(S(=O)(=O)NC(C(=O)Nc3ccc4c(c3)OCCO4)c3ccccc3)ccc2N1. The summed E-state index contributed by atoms with van der Waals surface area (Å²) in [6, 6.07) is 16.9. The number of carbonyl (C=O) groups is 2. The number of carbonyl (C=O) groups excluding carboxylic acids is 2. The average Bonchev–Trinajstić information content (AvgIpc) is 2.87. The van der Waals surface area contributed by atoms with E-state index in [0.29, 0.717) is 48.1 Å². The Bertz CT molecular complexity index is 1390. The standard InChI is InChI=1S/C25H23N3O6S/c29-23-11-6-17-14-19(8-9-20(17)27-23)35(31,32)28-24(16-4-2-1-3-5-16)25(30)26-18-7-10-21-22(15-18)34-13-12-33-21/h1-5,7-10,14-15,24,28H,6,11-13H2,(H,26,30)(H,27,29). The van der Waals surface area contributed by atoms with Crippen molar-refractivity contribution in [2.24, 2.45) is 0 Å². The van der Waals surface area contributed by atoms with E-state index in [1.807, 2.05) is 0 Å². The molecule has 0 bridgehead atoms. The number of sulfonamides is 1. The number of ether oxygens (including phenoxy) is 2. The third-order valence-corrected chi connectivity index (χ3v) is 7.18. The van der Waals surface area contributed by atoms with Crippen LogP contribution in [0, 0.1) is 0 Å². The van der Waals surface area contributed by atoms with Gasteiger partial charge in [0.1, 0.15) is 19.3 Å². The molecule has 0 radical (unpaired) electrons. The van der Waals surface area contributed by atoms with Gasteiger partial charge in [-0.05, 0) is 47.9 Å². The largest absolute Gasteiger partial charge is 0.486 e. The lowest BCUT2D eigenvalue weighted by atomic mass is 10.0. The van der Waals surface area contributed by atoms with E-state index in [1.54, 1.807) is 54.6 Å². The quantitative estimate of drug-likeness (QED) is 0.485. The molecule has 0 aliphatic carbocycles. The van der Waals surface area contributed by atoms with Gasteiger partial charge in [0.05, 0.1) is 4.90 Å². The molecule has 35 heavy (non-hydrogen) atoms. The van der Waals surface area contributed by atoms with Gasteiger partial charge >= 0.3 is 0 Å². The van der Waals surface area contributed by atoms with Gasteiger partial charge in [-0.25, -0.2) is 8.42 Å². The topological polar surface area (TPSA) is 123 Å². The van der Waals surface area contributed by atoms with Gasteiger partial charge in [0.2, 0.25) is 21.8 Å². The lowest BCUT2D eigenvalue weighted by molar-refractivity contribution is -0.118. The molecule has 0 saturated heterocycles. The number of hydrogen-bond donors (Lipinski definition) is 3. The fraction of sp³-hybridized carbons (Fsp3) is 0.200. The van der Waals surface area contributed by atoms with Crippen LogP contribution >= 0.6 is 0 Å². The maximum atomic E-state index is 13.3. The fourth-order valence-electron chi connectivity index (χ4n) is 4.00. The van der Waals surface area contributed by atoms with Crippen molar-refractivity contribution in [1.29, 1.82) is 0 Å². The lowest BCUT2D eigenvalue weighted by Gasteiger charge is -2.22. The summed E-state index contributed by atoms with van der Waals surface area (Å²) in [5.74, 6) is 0.429. The summed E-state index contributed by atoms with van der Waals surface area (Å²) in [5.41, 5.74) is 2.25. The molecule has 1 unspecified atom stereocenters. The van der Waals surface area contributed by atoms with Crippen molar-refractivity contribution < 1.29 is 27.5 Å². The van der Waals surface area contributed by atoms with E-state index in [9.17, 15) is 18.0 Å². The van der Waals surface area contributed by atoms with Gasteiger partial charge in [-0.15, -0.1) is 0 Å². The van der Waals surface area contributed by atoms with Crippen molar-refractivity contribution in [1.82, 2.24) is 4.72 Å². The number of nitrogens with one attached hydrogen (secondary N) is 3. The van der Waals surface area contributed by atoms with Crippen LogP contribution in [0.3, 0.4) is 0 Å². The Labute approximate surface area is 202 Å². The summed E-state index contributed by atoms with van der Waals surface area (Å²) in [6.45, 7) is 0.854. The van der Waals surface area contributed by atoms with E-state index >= 15 is 0 Å². The molecular weight excluding hydrogens is 470 g/mol. The average molecular weight is 494 g/mol. The molecule has 3 aromatic rings. The summed E-state index contributed by atoms with van der Waals surface area (Å²) in [4.78, 5) is 24.9. The van der Waals surface area contributed by atoms with Gasteiger partial charge in [-0.2, -0.15) is 4.72 Å². The van der Waals surface area contributed by atoms with Crippen molar-refractivity contribution in [3.05, 3.63) is 77.9 Å². The molecule has 2 heterocycles. The van der Waals surface area contributed by atoms with Crippen molar-refractivity contribution in [3.63, 3.8) is 0 Å². The molecule has 3 aromatic carbocycles. The number of amides is 2. The normalized spacial score (nSPS) is 15.5. The molecule has 0 aromatic heterocycles. The molecule has 5 rings (SSSR count). The van der Waals surface area contributed by atoms with E-state index in [0.717, 1.165) is 5.56 Å². The van der Waals surface area contributed by atoms with Crippen LogP contribution in [0.1, 0.15) is 23.6 Å². The fourth-order valence-corrected chi connectivity index (χ4v) is 5.24. The van der Waals surface area contributed by atoms with Gasteiger partial charge in [0.15, 0.2) is 11.5 Å². The van der Waals surface area contributed by atoms with Crippen molar-refractivity contribution in [2.45, 2.75) is 23.8 Å². The van der Waals surface area contributed by atoms with E-state index in [2.05, 4.69) is 15.4 Å². The lowest BCUT2D eigenvalue weighted by Crippen LogP contribution is -2.37. The van der Waals surface area contributed by atoms with Crippen molar-refractivity contribution >= 4 is 33.2 Å². The van der Waals surface area contributed by atoms with Gasteiger partial charge in [0, 0.05) is 23.9 Å². The smallest absolute Gasteiger partial charge is 0.247 e. The maximum Gasteiger partial charge on any atom is 0.247 e. The molecule has 1 atom stereocenters. The summed E-state index contributed by atoms with van der Waals surface area (Å²) >= 11 is 0. The third kappa shape index (κ3) is 4.98. The summed E-state index contributed by atoms with van der Waals surface area (Å²) in [5, 5.41) is 5.51. The number of benzene rings is 3. The van der Waals surface area contributed by atoms with Crippen LogP contribution < -0.4 is 24.8 Å². The van der Waals surface area contributed by atoms with Gasteiger partial charge < -0.3 is 20.1 Å². The maximum absolute atomic E-state index is 13.3. The first-order valence-electron chi connectivity index (χ1n) is 11.1. The summed E-state index contributed by atoms with van der Waals surface area (Å²) < 4.78 is 40.2. The molecule has 0 fully saturated rings. The molecule has 2 amide bonds. The van der Waals surface area contributed by atoms with E-state index in [1.165, 1.54) is 12.1 Å². The highest BCUT2D eigenvalue weighted by Gasteiger charge is 2.29. The van der Waals surface area contributed by atoms with Gasteiger partial charge in [-0.1, -0.05) is 30.3 Å². The Morgan fingerprint density at radius 3 is 2.49 bits per heavy atom. The molecule has 0 saturated carbocycles. The Kier molecular flexibility index (Phi) is 6.14. The first kappa shape index (κ1) is 22.9. The van der Waals surface area contributed by atoms with Gasteiger partial charge in [0.25, 0.3) is 0 Å². The molecule has 10 heteroatoms. The minimum absolute atomic E-state index is 0.0143. The molecule has 9 nitrogen and oxygen atoms in total. The van der Waals surface area contributed by atoms with Gasteiger partial charge in [-0.3, -0.25) is 9.59 Å². The van der Waals surface area contributed by atoms with E-state index in [-0.39, 0.29) is 17.2 Å². The van der Waals surface area contributed by atoms with Crippen LogP contribution in [0.25, 0.3) is 0 Å². The number of rotatable bonds is 6. The highest BCUT2D eigenvalue weighted by Crippen LogP contribution is 2.33. The van der Waals surface area contributed by atoms with E-state index < -0.39 is 22.0 Å². The second-order valence-corrected chi connectivity index (χ2v) is 9.89. The van der Waals surface area contributed by atoms with E-state index in [4.69, 9.17) is 9.47 Å². The summed E-state index contributed by atoms with van der Waals surface area (Å²) in [7, 11) is -4.07. The Hall–Kier alpha value is -3.89. The molecular formula is C25H23N3O6S. The molecule has 0 spiro atoms. The minimum Gasteiger partial charge on any atom is -0.486 e. The second kappa shape index (κ2) is 9.40. The Balaban J connectivity index is 1.41. The van der Waals surface area contributed by atoms with Crippen LogP contribution in [-0.2, 0) is 26.0 Å². The van der Waals surface area contributed by atoms with Crippen LogP contribution in [0.4, 0.5) is 11.4 Å². The second-order valence-electron chi connectivity index (χ2n) is 8.18. The number of aryl methyl sites for hydroxylation is 1. The zero-order valence-corrected chi connectivity index (χ0v) is 19.4. The highest BCUT2D eigenvalue weighted by atomic mass is 32.2. The molecule has 3 N–H and O–H groups in total. The predicted octanol–water partition coefficient (Wildman–Crippen LogP) is 3.00. The van der Waals surface area contributed by atoms with Crippen LogP contribution in [-0.4, -0.2) is 33.4 Å². The van der Waals surface area contributed by atoms with Crippen LogP contribution in [0.5, 0.6) is 11.5 Å². The predicted molar refractivity (Wildman–Crippen MR) is 129 cm³/mol. The van der Waals surface area contributed by atoms with Crippen molar-refractivity contribution in [3.8, 4) is 11.5 Å². The molecule has 2 aliphatic heterocycles. The minimum atomic E-state index is -4.07. The molecule has 180 valence electrons. The van der Waals surface area contributed by atoms with Crippen LogP contribution in [0.2, 0.25) is 0 Å². The Morgan fingerprint density at radius 1 is 0.914 bits per heavy atom. The summed E-state index contributed by atoms with van der Waals surface area (Å²) in [6.07, 6.45) is 0.728. The highest BCUT2D eigenvalue weighted by molar-refractivity contribution is 7.89. The van der Waals surface area contributed by atoms with Crippen molar-refractivity contribution in [2.75, 3.05) is 23.8 Å².